The average Bonchev–Trinajstić information content (AvgIpc) is 3.34. The summed E-state index contributed by atoms with van der Waals surface area (Å²) < 4.78 is 7.06. The van der Waals surface area contributed by atoms with Crippen molar-refractivity contribution in [1.29, 1.82) is 0 Å². The van der Waals surface area contributed by atoms with Crippen LogP contribution in [0.1, 0.15) is 59.4 Å². The SMILES string of the molecule is CC.CC(C)(C)OC(=O)N(c1cc(Cl)nc2c(/C=C3\CC(=O)NC3=O)cnn12)C1CC1. The third-order valence-electron chi connectivity index (χ3n) is 4.42. The highest BCUT2D eigenvalue weighted by Gasteiger charge is 2.38. The van der Waals surface area contributed by atoms with Crippen LogP contribution in [0.3, 0.4) is 0 Å². The van der Waals surface area contributed by atoms with Crippen LogP contribution in [0.15, 0.2) is 17.8 Å². The summed E-state index contributed by atoms with van der Waals surface area (Å²) in [7, 11) is 0. The molecule has 0 unspecified atom stereocenters. The van der Waals surface area contributed by atoms with Gasteiger partial charge in [-0.3, -0.25) is 19.8 Å². The van der Waals surface area contributed by atoms with Crippen LogP contribution in [0.4, 0.5) is 10.6 Å². The largest absolute Gasteiger partial charge is 0.443 e. The number of nitrogens with zero attached hydrogens (tertiary/aromatic N) is 4. The summed E-state index contributed by atoms with van der Waals surface area (Å²) in [5.41, 5.74) is 0.566. The number of halogens is 1. The fourth-order valence-corrected chi connectivity index (χ4v) is 3.27. The molecule has 2 aromatic rings. The zero-order chi connectivity index (χ0) is 22.9. The van der Waals surface area contributed by atoms with Crippen molar-refractivity contribution in [1.82, 2.24) is 19.9 Å². The molecule has 1 saturated carbocycles. The van der Waals surface area contributed by atoms with Gasteiger partial charge in [-0.1, -0.05) is 25.4 Å². The number of ether oxygens (including phenoxy) is 1. The van der Waals surface area contributed by atoms with Crippen LogP contribution >= 0.6 is 11.6 Å². The van der Waals surface area contributed by atoms with E-state index < -0.39 is 17.6 Å². The minimum atomic E-state index is -0.651. The number of fused-ring (bicyclic) bond motifs is 1. The predicted octanol–water partition coefficient (Wildman–Crippen LogP) is 3.74. The predicted molar refractivity (Wildman–Crippen MR) is 117 cm³/mol. The molecule has 0 spiro atoms. The Kier molecular flexibility index (Phi) is 6.35. The molecule has 2 fully saturated rings. The lowest BCUT2D eigenvalue weighted by molar-refractivity contribution is -0.124. The van der Waals surface area contributed by atoms with E-state index in [1.54, 1.807) is 37.8 Å². The maximum Gasteiger partial charge on any atom is 0.416 e. The molecule has 9 nitrogen and oxygen atoms in total. The zero-order valence-corrected chi connectivity index (χ0v) is 19.0. The van der Waals surface area contributed by atoms with Crippen LogP contribution in [0.5, 0.6) is 0 Å². The number of aromatic nitrogens is 3. The van der Waals surface area contributed by atoms with Gasteiger partial charge in [0.15, 0.2) is 5.65 Å². The van der Waals surface area contributed by atoms with Gasteiger partial charge >= 0.3 is 6.09 Å². The Labute approximate surface area is 185 Å². The normalized spacial score (nSPS) is 17.4. The Morgan fingerprint density at radius 2 is 2.00 bits per heavy atom. The summed E-state index contributed by atoms with van der Waals surface area (Å²) in [6.07, 6.45) is 4.29. The summed E-state index contributed by atoms with van der Waals surface area (Å²) in [5.74, 6) is -0.354. The van der Waals surface area contributed by atoms with Gasteiger partial charge in [-0.05, 0) is 39.7 Å². The number of carbonyl (C=O) groups excluding carboxylic acids is 3. The molecule has 0 radical (unpaired) electrons. The van der Waals surface area contributed by atoms with Crippen molar-refractivity contribution >= 4 is 47.0 Å². The van der Waals surface area contributed by atoms with E-state index in [2.05, 4.69) is 15.4 Å². The number of carbonyl (C=O) groups is 3. The zero-order valence-electron chi connectivity index (χ0n) is 18.2. The second-order valence-corrected chi connectivity index (χ2v) is 8.46. The highest BCUT2D eigenvalue weighted by molar-refractivity contribution is 6.30. The number of nitrogens with one attached hydrogen (secondary N) is 1. The molecule has 166 valence electrons. The number of anilines is 1. The Morgan fingerprint density at radius 1 is 1.32 bits per heavy atom. The lowest BCUT2D eigenvalue weighted by atomic mass is 10.1. The van der Waals surface area contributed by atoms with Crippen molar-refractivity contribution in [2.75, 3.05) is 4.90 Å². The molecule has 1 saturated heterocycles. The van der Waals surface area contributed by atoms with Crippen molar-refractivity contribution in [2.45, 2.75) is 65.5 Å². The van der Waals surface area contributed by atoms with Gasteiger partial charge in [-0.15, -0.1) is 0 Å². The molecule has 0 bridgehead atoms. The first-order valence-corrected chi connectivity index (χ1v) is 10.6. The van der Waals surface area contributed by atoms with Gasteiger partial charge < -0.3 is 4.74 Å². The van der Waals surface area contributed by atoms with E-state index >= 15 is 0 Å². The highest BCUT2D eigenvalue weighted by atomic mass is 35.5. The molecular weight excluding hydrogens is 422 g/mol. The summed E-state index contributed by atoms with van der Waals surface area (Å²) >= 11 is 6.24. The molecule has 2 aliphatic rings. The molecule has 10 heteroatoms. The van der Waals surface area contributed by atoms with Gasteiger partial charge in [-0.2, -0.15) is 9.61 Å². The molecular formula is C21H26ClN5O4. The molecule has 4 rings (SSSR count). The maximum absolute atomic E-state index is 12.9. The molecule has 1 aliphatic heterocycles. The molecule has 3 heterocycles. The van der Waals surface area contributed by atoms with E-state index in [0.717, 1.165) is 12.8 Å². The van der Waals surface area contributed by atoms with Crippen LogP contribution < -0.4 is 10.2 Å². The lowest BCUT2D eigenvalue weighted by Crippen LogP contribution is -2.39. The number of amides is 3. The van der Waals surface area contributed by atoms with Crippen LogP contribution in [0.25, 0.3) is 11.7 Å². The average molecular weight is 448 g/mol. The van der Waals surface area contributed by atoms with Crippen molar-refractivity contribution in [2.24, 2.45) is 0 Å². The van der Waals surface area contributed by atoms with Gasteiger partial charge in [-0.25, -0.2) is 9.78 Å². The molecule has 3 amide bonds. The third kappa shape index (κ3) is 5.04. The minimum Gasteiger partial charge on any atom is -0.443 e. The summed E-state index contributed by atoms with van der Waals surface area (Å²) in [6.45, 7) is 9.41. The van der Waals surface area contributed by atoms with Crippen LogP contribution in [-0.4, -0.2) is 44.1 Å². The highest BCUT2D eigenvalue weighted by Crippen LogP contribution is 2.34. The monoisotopic (exact) mass is 447 g/mol. The first-order chi connectivity index (χ1) is 14.6. The van der Waals surface area contributed by atoms with Gasteiger partial charge in [0.05, 0.1) is 12.6 Å². The standard InChI is InChI=1S/C19H20ClN5O4.C2H6/c1-19(2,3)29-18(28)24(12-4-5-12)15-8-13(20)22-16-11(9-21-25(15)16)6-10-7-14(26)23-17(10)27;1-2/h6,8-9,12H,4-5,7H2,1-3H3,(H,23,26,27);1-2H3/b10-6+;. The van der Waals surface area contributed by atoms with Gasteiger partial charge in [0.2, 0.25) is 5.91 Å². The molecule has 1 aliphatic carbocycles. The Bertz CT molecular complexity index is 1070. The fraction of sp³-hybridized carbons (Fsp3) is 0.476. The summed E-state index contributed by atoms with van der Waals surface area (Å²) in [5, 5.41) is 6.75. The van der Waals surface area contributed by atoms with Crippen molar-refractivity contribution in [3.05, 3.63) is 28.6 Å². The van der Waals surface area contributed by atoms with Gasteiger partial charge in [0, 0.05) is 23.2 Å². The first-order valence-electron chi connectivity index (χ1n) is 10.2. The van der Waals surface area contributed by atoms with E-state index in [0.29, 0.717) is 22.6 Å². The maximum atomic E-state index is 12.9. The van der Waals surface area contributed by atoms with E-state index in [9.17, 15) is 14.4 Å². The summed E-state index contributed by atoms with van der Waals surface area (Å²) in [6, 6.07) is 1.56. The van der Waals surface area contributed by atoms with Gasteiger partial charge in [0.25, 0.3) is 5.91 Å². The Morgan fingerprint density at radius 3 is 2.55 bits per heavy atom. The van der Waals surface area contributed by atoms with Crippen LogP contribution in [-0.2, 0) is 14.3 Å². The number of imide groups is 1. The number of rotatable bonds is 3. The van der Waals surface area contributed by atoms with E-state index in [1.807, 2.05) is 13.8 Å². The van der Waals surface area contributed by atoms with Gasteiger partial charge in [0.1, 0.15) is 16.6 Å². The van der Waals surface area contributed by atoms with E-state index in [-0.39, 0.29) is 23.5 Å². The first kappa shape index (κ1) is 22.7. The Hall–Kier alpha value is -2.94. The molecule has 2 aromatic heterocycles. The fourth-order valence-electron chi connectivity index (χ4n) is 3.09. The number of hydrogen-bond acceptors (Lipinski definition) is 6. The van der Waals surface area contributed by atoms with Crippen molar-refractivity contribution in [3.8, 4) is 0 Å². The lowest BCUT2D eigenvalue weighted by Gasteiger charge is -2.27. The minimum absolute atomic E-state index is 0.00393. The van der Waals surface area contributed by atoms with Crippen molar-refractivity contribution in [3.63, 3.8) is 0 Å². The van der Waals surface area contributed by atoms with E-state index in [4.69, 9.17) is 16.3 Å². The second-order valence-electron chi connectivity index (χ2n) is 8.08. The quantitative estimate of drug-likeness (QED) is 0.436. The molecule has 31 heavy (non-hydrogen) atoms. The van der Waals surface area contributed by atoms with E-state index in [1.165, 1.54) is 10.7 Å². The topological polar surface area (TPSA) is 106 Å². The smallest absolute Gasteiger partial charge is 0.416 e. The molecule has 0 aromatic carbocycles. The molecule has 1 N–H and O–H groups in total. The van der Waals surface area contributed by atoms with Crippen LogP contribution in [0, 0.1) is 0 Å². The second kappa shape index (κ2) is 8.66. The molecule has 0 atom stereocenters. The third-order valence-corrected chi connectivity index (χ3v) is 4.62. The number of hydrogen-bond donors (Lipinski definition) is 1. The summed E-state index contributed by atoms with van der Waals surface area (Å²) in [4.78, 5) is 42.0. The van der Waals surface area contributed by atoms with Crippen molar-refractivity contribution < 1.29 is 19.1 Å². The van der Waals surface area contributed by atoms with Crippen LogP contribution in [0.2, 0.25) is 5.15 Å². The Balaban J connectivity index is 0.00000132.